The lowest BCUT2D eigenvalue weighted by molar-refractivity contribution is -0.138. The van der Waals surface area contributed by atoms with Crippen LogP contribution in [0, 0.1) is 6.92 Å². The number of aliphatic carboxylic acids is 1. The van der Waals surface area contributed by atoms with Gasteiger partial charge in [-0.2, -0.15) is 5.10 Å². The average molecular weight is 182 g/mol. The highest BCUT2D eigenvalue weighted by Gasteiger charge is 2.18. The number of carbonyl (C=O) groups is 1. The summed E-state index contributed by atoms with van der Waals surface area (Å²) in [5.41, 5.74) is 1.74. The fourth-order valence-electron chi connectivity index (χ4n) is 1.34. The summed E-state index contributed by atoms with van der Waals surface area (Å²) < 4.78 is 1.80. The molecule has 0 saturated carbocycles. The van der Waals surface area contributed by atoms with Gasteiger partial charge in [-0.1, -0.05) is 0 Å². The minimum atomic E-state index is -0.807. The number of hydrogen-bond donors (Lipinski definition) is 1. The van der Waals surface area contributed by atoms with Crippen molar-refractivity contribution in [2.75, 3.05) is 0 Å². The molecule has 0 aliphatic heterocycles. The van der Waals surface area contributed by atoms with Crippen molar-refractivity contribution >= 4 is 5.97 Å². The average Bonchev–Trinajstić information content (AvgIpc) is 2.45. The van der Waals surface area contributed by atoms with Crippen molar-refractivity contribution in [3.05, 3.63) is 17.5 Å². The molecule has 0 spiro atoms. The number of rotatable bonds is 3. The van der Waals surface area contributed by atoms with Crippen molar-refractivity contribution in [1.29, 1.82) is 0 Å². The predicted molar refractivity (Wildman–Crippen MR) is 48.7 cm³/mol. The lowest BCUT2D eigenvalue weighted by Crippen LogP contribution is -2.08. The van der Waals surface area contributed by atoms with E-state index in [1.165, 1.54) is 0 Å². The second-order valence-electron chi connectivity index (χ2n) is 3.06. The molecule has 1 rings (SSSR count). The summed E-state index contributed by atoms with van der Waals surface area (Å²) in [4.78, 5) is 10.7. The van der Waals surface area contributed by atoms with Crippen LogP contribution in [0.15, 0.2) is 6.20 Å². The fraction of sp³-hybridized carbons (Fsp3) is 0.556. The number of aromatic nitrogens is 2. The number of carboxylic acid groups (broad SMARTS) is 1. The summed E-state index contributed by atoms with van der Waals surface area (Å²) in [6.45, 7) is 6.32. The predicted octanol–water partition coefficient (Wildman–Crippen LogP) is 1.40. The van der Waals surface area contributed by atoms with E-state index in [0.717, 1.165) is 17.8 Å². The Morgan fingerprint density at radius 3 is 2.77 bits per heavy atom. The minimum absolute atomic E-state index is 0.472. The third kappa shape index (κ3) is 1.71. The van der Waals surface area contributed by atoms with Gasteiger partial charge in [0.1, 0.15) is 0 Å². The number of nitrogens with zero attached hydrogens (tertiary/aromatic N) is 2. The Kier molecular flexibility index (Phi) is 2.70. The van der Waals surface area contributed by atoms with Crippen molar-refractivity contribution in [3.63, 3.8) is 0 Å². The van der Waals surface area contributed by atoms with E-state index in [0.29, 0.717) is 0 Å². The molecule has 1 N–H and O–H groups in total. The monoisotopic (exact) mass is 182 g/mol. The van der Waals surface area contributed by atoms with Gasteiger partial charge in [-0.25, -0.2) is 0 Å². The molecular formula is C9H14N2O2. The van der Waals surface area contributed by atoms with Crippen molar-refractivity contribution < 1.29 is 9.90 Å². The molecule has 0 radical (unpaired) electrons. The maximum absolute atomic E-state index is 10.7. The summed E-state index contributed by atoms with van der Waals surface area (Å²) in [6.07, 6.45) is 1.64. The Morgan fingerprint density at radius 1 is 1.77 bits per heavy atom. The van der Waals surface area contributed by atoms with Crippen LogP contribution in [-0.4, -0.2) is 20.9 Å². The molecule has 0 aliphatic rings. The van der Waals surface area contributed by atoms with Crippen LogP contribution in [0.2, 0.25) is 0 Å². The lowest BCUT2D eigenvalue weighted by Gasteiger charge is -2.05. The van der Waals surface area contributed by atoms with Gasteiger partial charge in [-0.05, 0) is 20.8 Å². The van der Waals surface area contributed by atoms with E-state index in [4.69, 9.17) is 5.11 Å². The van der Waals surface area contributed by atoms with E-state index in [1.54, 1.807) is 17.8 Å². The summed E-state index contributed by atoms with van der Waals surface area (Å²) in [5.74, 6) is -1.28. The largest absolute Gasteiger partial charge is 0.481 e. The zero-order chi connectivity index (χ0) is 10.0. The van der Waals surface area contributed by atoms with E-state index >= 15 is 0 Å². The zero-order valence-corrected chi connectivity index (χ0v) is 8.11. The molecule has 0 fully saturated rings. The maximum atomic E-state index is 10.7. The van der Waals surface area contributed by atoms with Gasteiger partial charge >= 0.3 is 5.97 Å². The molecule has 1 atom stereocenters. The molecule has 72 valence electrons. The Morgan fingerprint density at radius 2 is 2.38 bits per heavy atom. The van der Waals surface area contributed by atoms with Gasteiger partial charge in [0.2, 0.25) is 0 Å². The highest BCUT2D eigenvalue weighted by molar-refractivity contribution is 5.75. The van der Waals surface area contributed by atoms with Crippen LogP contribution in [0.4, 0.5) is 0 Å². The second-order valence-corrected chi connectivity index (χ2v) is 3.06. The van der Waals surface area contributed by atoms with Crippen molar-refractivity contribution in [2.45, 2.75) is 33.2 Å². The van der Waals surface area contributed by atoms with Crippen molar-refractivity contribution in [3.8, 4) is 0 Å². The van der Waals surface area contributed by atoms with Gasteiger partial charge in [0.15, 0.2) is 0 Å². The molecule has 1 heterocycles. The maximum Gasteiger partial charge on any atom is 0.310 e. The van der Waals surface area contributed by atoms with E-state index < -0.39 is 11.9 Å². The van der Waals surface area contributed by atoms with E-state index in [1.807, 2.05) is 13.8 Å². The van der Waals surface area contributed by atoms with Gasteiger partial charge in [0.05, 0.1) is 12.1 Å². The molecule has 4 nitrogen and oxygen atoms in total. The minimum Gasteiger partial charge on any atom is -0.481 e. The molecule has 1 aromatic heterocycles. The lowest BCUT2D eigenvalue weighted by atomic mass is 10.0. The Hall–Kier alpha value is -1.32. The second kappa shape index (κ2) is 3.60. The number of carboxylic acids is 1. The van der Waals surface area contributed by atoms with Gasteiger partial charge in [-0.15, -0.1) is 0 Å². The third-order valence-corrected chi connectivity index (χ3v) is 2.28. The van der Waals surface area contributed by atoms with Gasteiger partial charge in [-0.3, -0.25) is 9.48 Å². The quantitative estimate of drug-likeness (QED) is 0.768. The first kappa shape index (κ1) is 9.77. The standard InChI is InChI=1S/C9H14N2O2/c1-4-11-7(3)8(5-10-11)6(2)9(12)13/h5-6H,4H2,1-3H3,(H,12,13). The van der Waals surface area contributed by atoms with Crippen LogP contribution >= 0.6 is 0 Å². The molecule has 0 saturated heterocycles. The van der Waals surface area contributed by atoms with Gasteiger partial charge in [0, 0.05) is 17.8 Å². The van der Waals surface area contributed by atoms with Gasteiger partial charge < -0.3 is 5.11 Å². The summed E-state index contributed by atoms with van der Waals surface area (Å²) in [6, 6.07) is 0. The topological polar surface area (TPSA) is 55.1 Å². The molecule has 13 heavy (non-hydrogen) atoms. The zero-order valence-electron chi connectivity index (χ0n) is 8.11. The normalized spacial score (nSPS) is 12.8. The highest BCUT2D eigenvalue weighted by Crippen LogP contribution is 2.18. The molecule has 0 bridgehead atoms. The number of hydrogen-bond acceptors (Lipinski definition) is 2. The molecule has 1 unspecified atom stereocenters. The third-order valence-electron chi connectivity index (χ3n) is 2.28. The van der Waals surface area contributed by atoms with Crippen LogP contribution < -0.4 is 0 Å². The molecule has 0 amide bonds. The summed E-state index contributed by atoms with van der Waals surface area (Å²) >= 11 is 0. The molecule has 0 aromatic carbocycles. The highest BCUT2D eigenvalue weighted by atomic mass is 16.4. The van der Waals surface area contributed by atoms with Crippen LogP contribution in [-0.2, 0) is 11.3 Å². The van der Waals surface area contributed by atoms with Crippen molar-refractivity contribution in [1.82, 2.24) is 9.78 Å². The van der Waals surface area contributed by atoms with Gasteiger partial charge in [0.25, 0.3) is 0 Å². The Labute approximate surface area is 77.2 Å². The molecule has 1 aromatic rings. The van der Waals surface area contributed by atoms with E-state index in [2.05, 4.69) is 5.10 Å². The molecule has 0 aliphatic carbocycles. The Bertz CT molecular complexity index is 317. The smallest absolute Gasteiger partial charge is 0.310 e. The van der Waals surface area contributed by atoms with E-state index in [9.17, 15) is 4.79 Å². The molecular weight excluding hydrogens is 168 g/mol. The number of aryl methyl sites for hydroxylation is 1. The van der Waals surface area contributed by atoms with Crippen molar-refractivity contribution in [2.24, 2.45) is 0 Å². The van der Waals surface area contributed by atoms with Crippen LogP contribution in [0.3, 0.4) is 0 Å². The summed E-state index contributed by atoms with van der Waals surface area (Å²) in [7, 11) is 0. The first-order valence-corrected chi connectivity index (χ1v) is 4.33. The summed E-state index contributed by atoms with van der Waals surface area (Å²) in [5, 5.41) is 12.9. The van der Waals surface area contributed by atoms with Crippen LogP contribution in [0.1, 0.15) is 31.0 Å². The fourth-order valence-corrected chi connectivity index (χ4v) is 1.34. The molecule has 4 heteroatoms. The van der Waals surface area contributed by atoms with Crippen LogP contribution in [0.25, 0.3) is 0 Å². The SMILES string of the molecule is CCn1ncc(C(C)C(=O)O)c1C. The van der Waals surface area contributed by atoms with E-state index in [-0.39, 0.29) is 0 Å². The Balaban J connectivity index is 3.02. The first-order chi connectivity index (χ1) is 6.07. The first-order valence-electron chi connectivity index (χ1n) is 4.33. The van der Waals surface area contributed by atoms with Crippen LogP contribution in [0.5, 0.6) is 0 Å².